The van der Waals surface area contributed by atoms with Crippen LogP contribution in [0.15, 0.2) is 12.1 Å². The Hall–Kier alpha value is -1.26. The first-order valence-electron chi connectivity index (χ1n) is 5.43. The lowest BCUT2D eigenvalue weighted by molar-refractivity contribution is 0.149. The van der Waals surface area contributed by atoms with Crippen molar-refractivity contribution in [3.8, 4) is 11.5 Å². The van der Waals surface area contributed by atoms with Gasteiger partial charge in [-0.1, -0.05) is 0 Å². The number of aryl methyl sites for hydroxylation is 1. The molecule has 0 aromatic heterocycles. The van der Waals surface area contributed by atoms with E-state index < -0.39 is 6.10 Å². The summed E-state index contributed by atoms with van der Waals surface area (Å²) in [6.07, 6.45) is -0.672. The van der Waals surface area contributed by atoms with Crippen molar-refractivity contribution in [3.05, 3.63) is 23.3 Å². The maximum Gasteiger partial charge on any atom is 0.164 e. The predicted molar refractivity (Wildman–Crippen MR) is 60.8 cm³/mol. The molecular formula is C12H17NO3. The fraction of sp³-hybridized carbons (Fsp3) is 0.500. The van der Waals surface area contributed by atoms with Gasteiger partial charge >= 0.3 is 0 Å². The van der Waals surface area contributed by atoms with Gasteiger partial charge in [-0.25, -0.2) is 0 Å². The molecule has 1 aliphatic rings. The second-order valence-corrected chi connectivity index (χ2v) is 4.17. The summed E-state index contributed by atoms with van der Waals surface area (Å²) in [6, 6.07) is 3.39. The molecular weight excluding hydrogens is 206 g/mol. The fourth-order valence-corrected chi connectivity index (χ4v) is 1.83. The lowest BCUT2D eigenvalue weighted by Crippen LogP contribution is -2.25. The average molecular weight is 223 g/mol. The highest BCUT2D eigenvalue weighted by Gasteiger charge is 2.19. The number of aliphatic hydroxyl groups is 1. The van der Waals surface area contributed by atoms with E-state index in [0.29, 0.717) is 19.0 Å². The van der Waals surface area contributed by atoms with Gasteiger partial charge in [-0.2, -0.15) is 0 Å². The summed E-state index contributed by atoms with van der Waals surface area (Å²) < 4.78 is 11.0. The van der Waals surface area contributed by atoms with Crippen molar-refractivity contribution in [1.29, 1.82) is 0 Å². The molecule has 2 atom stereocenters. The van der Waals surface area contributed by atoms with Crippen LogP contribution in [0.2, 0.25) is 0 Å². The molecule has 4 nitrogen and oxygen atoms in total. The summed E-state index contributed by atoms with van der Waals surface area (Å²) in [6.45, 7) is 4.83. The van der Waals surface area contributed by atoms with Gasteiger partial charge in [0.1, 0.15) is 13.2 Å². The molecule has 16 heavy (non-hydrogen) atoms. The first kappa shape index (κ1) is 11.2. The van der Waals surface area contributed by atoms with Gasteiger partial charge in [0, 0.05) is 6.04 Å². The fourth-order valence-electron chi connectivity index (χ4n) is 1.83. The second kappa shape index (κ2) is 4.31. The zero-order valence-corrected chi connectivity index (χ0v) is 9.56. The zero-order chi connectivity index (χ0) is 11.7. The number of ether oxygens (including phenoxy) is 2. The first-order valence-corrected chi connectivity index (χ1v) is 5.43. The summed E-state index contributed by atoms with van der Waals surface area (Å²) in [4.78, 5) is 0. The number of hydrogen-bond acceptors (Lipinski definition) is 4. The average Bonchev–Trinajstić information content (AvgIpc) is 2.28. The largest absolute Gasteiger partial charge is 0.486 e. The number of aliphatic hydroxyl groups excluding tert-OH is 1. The van der Waals surface area contributed by atoms with E-state index in [4.69, 9.17) is 15.2 Å². The minimum Gasteiger partial charge on any atom is -0.486 e. The molecule has 0 spiro atoms. The van der Waals surface area contributed by atoms with Crippen molar-refractivity contribution in [2.45, 2.75) is 26.0 Å². The predicted octanol–water partition coefficient (Wildman–Crippen LogP) is 1.15. The van der Waals surface area contributed by atoms with Crippen molar-refractivity contribution in [2.75, 3.05) is 13.2 Å². The quantitative estimate of drug-likeness (QED) is 0.789. The van der Waals surface area contributed by atoms with Crippen molar-refractivity contribution in [3.63, 3.8) is 0 Å². The van der Waals surface area contributed by atoms with E-state index in [1.54, 1.807) is 13.0 Å². The zero-order valence-electron chi connectivity index (χ0n) is 9.56. The van der Waals surface area contributed by atoms with Crippen LogP contribution < -0.4 is 15.2 Å². The van der Waals surface area contributed by atoms with Crippen LogP contribution in [-0.2, 0) is 0 Å². The smallest absolute Gasteiger partial charge is 0.164 e. The molecule has 0 saturated carbocycles. The van der Waals surface area contributed by atoms with Gasteiger partial charge in [-0.3, -0.25) is 0 Å². The lowest BCUT2D eigenvalue weighted by Gasteiger charge is -2.23. The van der Waals surface area contributed by atoms with E-state index in [2.05, 4.69) is 0 Å². The Bertz CT molecular complexity index is 390. The molecule has 0 aliphatic carbocycles. The number of fused-ring (bicyclic) bond motifs is 1. The van der Waals surface area contributed by atoms with Gasteiger partial charge in [-0.15, -0.1) is 0 Å². The molecule has 3 N–H and O–H groups in total. The van der Waals surface area contributed by atoms with Gasteiger partial charge in [0.15, 0.2) is 11.5 Å². The Morgan fingerprint density at radius 2 is 2.00 bits per heavy atom. The third-order valence-corrected chi connectivity index (χ3v) is 2.69. The molecule has 0 fully saturated rings. The van der Waals surface area contributed by atoms with Crippen LogP contribution in [0.4, 0.5) is 0 Å². The van der Waals surface area contributed by atoms with Crippen molar-refractivity contribution >= 4 is 0 Å². The molecule has 88 valence electrons. The van der Waals surface area contributed by atoms with Gasteiger partial charge in [-0.05, 0) is 37.1 Å². The minimum absolute atomic E-state index is 0.304. The van der Waals surface area contributed by atoms with E-state index in [9.17, 15) is 5.11 Å². The summed E-state index contributed by atoms with van der Waals surface area (Å²) in [5, 5.41) is 9.90. The maximum atomic E-state index is 9.90. The molecule has 0 radical (unpaired) electrons. The van der Waals surface area contributed by atoms with E-state index >= 15 is 0 Å². The Morgan fingerprint density at radius 3 is 2.69 bits per heavy atom. The number of hydrogen-bond donors (Lipinski definition) is 2. The molecule has 1 heterocycles. The summed E-state index contributed by atoms with van der Waals surface area (Å²) in [5.41, 5.74) is 7.41. The highest BCUT2D eigenvalue weighted by atomic mass is 16.6. The summed E-state index contributed by atoms with van der Waals surface area (Å²) in [5.74, 6) is 1.47. The molecule has 1 aromatic rings. The number of benzene rings is 1. The van der Waals surface area contributed by atoms with Crippen LogP contribution in [0, 0.1) is 6.92 Å². The normalized spacial score (nSPS) is 18.0. The Balaban J connectivity index is 2.39. The maximum absolute atomic E-state index is 9.90. The van der Waals surface area contributed by atoms with E-state index in [1.165, 1.54) is 0 Å². The number of rotatable bonds is 2. The van der Waals surface area contributed by atoms with Crippen LogP contribution in [-0.4, -0.2) is 24.4 Å². The monoisotopic (exact) mass is 223 g/mol. The van der Waals surface area contributed by atoms with Gasteiger partial charge < -0.3 is 20.3 Å². The summed E-state index contributed by atoms with van der Waals surface area (Å²) >= 11 is 0. The van der Waals surface area contributed by atoms with Gasteiger partial charge in [0.2, 0.25) is 0 Å². The van der Waals surface area contributed by atoms with Crippen LogP contribution in [0.3, 0.4) is 0 Å². The first-order chi connectivity index (χ1) is 7.59. The van der Waals surface area contributed by atoms with E-state index in [0.717, 1.165) is 16.9 Å². The highest BCUT2D eigenvalue weighted by molar-refractivity contribution is 5.50. The van der Waals surface area contributed by atoms with Crippen LogP contribution in [0.1, 0.15) is 24.2 Å². The minimum atomic E-state index is -0.672. The van der Waals surface area contributed by atoms with Crippen molar-refractivity contribution < 1.29 is 14.6 Å². The SMILES string of the molecule is Cc1cc(C(O)C(C)N)cc2c1OCCO2. The second-order valence-electron chi connectivity index (χ2n) is 4.17. The lowest BCUT2D eigenvalue weighted by atomic mass is 10.0. The van der Waals surface area contributed by atoms with Crippen LogP contribution >= 0.6 is 0 Å². The molecule has 2 rings (SSSR count). The molecule has 2 unspecified atom stereocenters. The van der Waals surface area contributed by atoms with Crippen LogP contribution in [0.25, 0.3) is 0 Å². The Labute approximate surface area is 95.0 Å². The molecule has 1 aromatic carbocycles. The Kier molecular flexibility index (Phi) is 3.03. The Morgan fingerprint density at radius 1 is 1.31 bits per heavy atom. The highest BCUT2D eigenvalue weighted by Crippen LogP contribution is 2.36. The van der Waals surface area contributed by atoms with E-state index in [-0.39, 0.29) is 6.04 Å². The standard InChI is InChI=1S/C12H17NO3/c1-7-5-9(11(14)8(2)13)6-10-12(7)16-4-3-15-10/h5-6,8,11,14H,3-4,13H2,1-2H3. The molecule has 1 aliphatic heterocycles. The van der Waals surface area contributed by atoms with Crippen LogP contribution in [0.5, 0.6) is 11.5 Å². The topological polar surface area (TPSA) is 64.7 Å². The summed E-state index contributed by atoms with van der Waals surface area (Å²) in [7, 11) is 0. The number of nitrogens with two attached hydrogens (primary N) is 1. The third kappa shape index (κ3) is 1.99. The van der Waals surface area contributed by atoms with Gasteiger partial charge in [0.05, 0.1) is 6.10 Å². The molecule has 0 bridgehead atoms. The van der Waals surface area contributed by atoms with Crippen molar-refractivity contribution in [2.24, 2.45) is 5.73 Å². The molecule has 4 heteroatoms. The molecule has 0 amide bonds. The van der Waals surface area contributed by atoms with Gasteiger partial charge in [0.25, 0.3) is 0 Å². The van der Waals surface area contributed by atoms with E-state index in [1.807, 2.05) is 13.0 Å². The van der Waals surface area contributed by atoms with Crippen molar-refractivity contribution in [1.82, 2.24) is 0 Å². The molecule has 0 saturated heterocycles. The third-order valence-electron chi connectivity index (χ3n) is 2.69.